The van der Waals surface area contributed by atoms with E-state index in [1.165, 1.54) is 5.56 Å². The van der Waals surface area contributed by atoms with Crippen LogP contribution in [0, 0.1) is 20.8 Å². The topological polar surface area (TPSA) is 46.4 Å². The number of aryl methyl sites for hydroxylation is 3. The number of nitrogens with zero attached hydrogens (tertiary/aromatic N) is 2. The second-order valence-electron chi connectivity index (χ2n) is 5.24. The number of imidazole rings is 1. The number of aromatic nitrogens is 2. The Morgan fingerprint density at radius 3 is 2.67 bits per heavy atom. The van der Waals surface area contributed by atoms with Crippen molar-refractivity contribution in [1.82, 2.24) is 9.38 Å². The molecular formula is C17H17N3O. The number of carbonyl (C=O) groups excluding carboxylic acids is 1. The second-order valence-corrected chi connectivity index (χ2v) is 5.24. The summed E-state index contributed by atoms with van der Waals surface area (Å²) in [5, 5.41) is 2.97. The molecule has 4 heteroatoms. The van der Waals surface area contributed by atoms with Gasteiger partial charge in [-0.25, -0.2) is 4.98 Å². The Kier molecular flexibility index (Phi) is 3.22. The van der Waals surface area contributed by atoms with Gasteiger partial charge in [-0.05, 0) is 56.2 Å². The van der Waals surface area contributed by atoms with E-state index in [9.17, 15) is 4.79 Å². The fourth-order valence-electron chi connectivity index (χ4n) is 2.34. The van der Waals surface area contributed by atoms with E-state index < -0.39 is 0 Å². The molecule has 0 radical (unpaired) electrons. The van der Waals surface area contributed by atoms with Crippen molar-refractivity contribution in [3.63, 3.8) is 0 Å². The van der Waals surface area contributed by atoms with Crippen LogP contribution in [0.4, 0.5) is 5.69 Å². The van der Waals surface area contributed by atoms with Crippen LogP contribution in [0.3, 0.4) is 0 Å². The molecule has 21 heavy (non-hydrogen) atoms. The van der Waals surface area contributed by atoms with E-state index in [1.807, 2.05) is 61.7 Å². The van der Waals surface area contributed by atoms with Crippen LogP contribution in [0.1, 0.15) is 27.2 Å². The molecule has 0 saturated carbocycles. The van der Waals surface area contributed by atoms with Crippen molar-refractivity contribution in [3.05, 3.63) is 65.1 Å². The maximum Gasteiger partial charge on any atom is 0.255 e. The summed E-state index contributed by atoms with van der Waals surface area (Å²) < 4.78 is 1.95. The fraction of sp³-hybridized carbons (Fsp3) is 0.176. The second kappa shape index (κ2) is 5.05. The Morgan fingerprint density at radius 1 is 1.10 bits per heavy atom. The van der Waals surface area contributed by atoms with Gasteiger partial charge < -0.3 is 9.72 Å². The van der Waals surface area contributed by atoms with Gasteiger partial charge in [0.1, 0.15) is 5.65 Å². The molecule has 0 atom stereocenters. The zero-order valence-corrected chi connectivity index (χ0v) is 12.3. The number of amides is 1. The van der Waals surface area contributed by atoms with E-state index in [4.69, 9.17) is 0 Å². The van der Waals surface area contributed by atoms with Gasteiger partial charge in [-0.2, -0.15) is 0 Å². The summed E-state index contributed by atoms with van der Waals surface area (Å²) in [6, 6.07) is 9.51. The van der Waals surface area contributed by atoms with E-state index in [2.05, 4.69) is 10.3 Å². The molecule has 3 aromatic rings. The number of carbonyl (C=O) groups is 1. The van der Waals surface area contributed by atoms with Crippen molar-refractivity contribution >= 4 is 17.2 Å². The van der Waals surface area contributed by atoms with Crippen molar-refractivity contribution in [2.45, 2.75) is 20.8 Å². The van der Waals surface area contributed by atoms with Gasteiger partial charge in [0.2, 0.25) is 0 Å². The molecule has 0 saturated heterocycles. The monoisotopic (exact) mass is 279 g/mol. The molecule has 1 amide bonds. The third kappa shape index (κ3) is 2.40. The molecule has 1 aromatic carbocycles. The summed E-state index contributed by atoms with van der Waals surface area (Å²) in [6.07, 6.45) is 3.63. The summed E-state index contributed by atoms with van der Waals surface area (Å²) >= 11 is 0. The number of benzene rings is 1. The van der Waals surface area contributed by atoms with Crippen LogP contribution < -0.4 is 5.32 Å². The predicted octanol–water partition coefficient (Wildman–Crippen LogP) is 3.51. The summed E-state index contributed by atoms with van der Waals surface area (Å²) in [6.45, 7) is 6.01. The smallest absolute Gasteiger partial charge is 0.255 e. The molecule has 2 heterocycles. The first-order chi connectivity index (χ1) is 10.1. The normalized spacial score (nSPS) is 10.8. The van der Waals surface area contributed by atoms with Crippen LogP contribution in [0.2, 0.25) is 0 Å². The molecule has 106 valence electrons. The Morgan fingerprint density at radius 2 is 1.90 bits per heavy atom. The quantitative estimate of drug-likeness (QED) is 0.780. The maximum absolute atomic E-state index is 12.4. The van der Waals surface area contributed by atoms with Crippen LogP contribution in [-0.2, 0) is 0 Å². The summed E-state index contributed by atoms with van der Waals surface area (Å²) in [5.41, 5.74) is 5.60. The molecule has 0 aliphatic rings. The lowest BCUT2D eigenvalue weighted by molar-refractivity contribution is 0.102. The minimum Gasteiger partial charge on any atom is -0.320 e. The van der Waals surface area contributed by atoms with E-state index in [-0.39, 0.29) is 5.91 Å². The standard InChI is InChI=1S/C17H17N3O/c1-11-4-5-14(10-12(11)2)17(21)19-15-6-7-16-18-8-9-20(16)13(15)3/h4-10H,1-3H3,(H,19,21). The average Bonchev–Trinajstić information content (AvgIpc) is 2.94. The average molecular weight is 279 g/mol. The van der Waals surface area contributed by atoms with Crippen LogP contribution in [0.15, 0.2) is 42.7 Å². The van der Waals surface area contributed by atoms with Gasteiger partial charge >= 0.3 is 0 Å². The Labute approximate surface area is 123 Å². The number of rotatable bonds is 2. The van der Waals surface area contributed by atoms with Gasteiger partial charge in [-0.3, -0.25) is 4.79 Å². The molecule has 3 rings (SSSR count). The first-order valence-electron chi connectivity index (χ1n) is 6.87. The molecule has 1 N–H and O–H groups in total. The Hall–Kier alpha value is -2.62. The van der Waals surface area contributed by atoms with Gasteiger partial charge in [-0.15, -0.1) is 0 Å². The molecular weight excluding hydrogens is 262 g/mol. The van der Waals surface area contributed by atoms with Crippen LogP contribution >= 0.6 is 0 Å². The summed E-state index contributed by atoms with van der Waals surface area (Å²) in [5.74, 6) is -0.0966. The first kappa shape index (κ1) is 13.4. The van der Waals surface area contributed by atoms with Crippen LogP contribution in [0.5, 0.6) is 0 Å². The number of fused-ring (bicyclic) bond motifs is 1. The highest BCUT2D eigenvalue weighted by atomic mass is 16.1. The third-order valence-corrected chi connectivity index (χ3v) is 3.84. The van der Waals surface area contributed by atoms with Crippen LogP contribution in [-0.4, -0.2) is 15.3 Å². The number of anilines is 1. The minimum absolute atomic E-state index is 0.0966. The minimum atomic E-state index is -0.0966. The van der Waals surface area contributed by atoms with Crippen molar-refractivity contribution in [2.24, 2.45) is 0 Å². The number of pyridine rings is 1. The maximum atomic E-state index is 12.4. The highest BCUT2D eigenvalue weighted by Crippen LogP contribution is 2.18. The van der Waals surface area contributed by atoms with Gasteiger partial charge in [-0.1, -0.05) is 6.07 Å². The Bertz CT molecular complexity index is 833. The third-order valence-electron chi connectivity index (χ3n) is 3.84. The van der Waals surface area contributed by atoms with Crippen molar-refractivity contribution in [3.8, 4) is 0 Å². The molecule has 0 fully saturated rings. The Balaban J connectivity index is 1.92. The molecule has 0 spiro atoms. The molecule has 0 bridgehead atoms. The molecule has 0 unspecified atom stereocenters. The predicted molar refractivity (Wildman–Crippen MR) is 83.8 cm³/mol. The molecule has 2 aromatic heterocycles. The number of nitrogens with one attached hydrogen (secondary N) is 1. The fourth-order valence-corrected chi connectivity index (χ4v) is 2.34. The zero-order valence-electron chi connectivity index (χ0n) is 12.3. The van der Waals surface area contributed by atoms with Crippen molar-refractivity contribution in [2.75, 3.05) is 5.32 Å². The highest BCUT2D eigenvalue weighted by Gasteiger charge is 2.10. The number of hydrogen-bond acceptors (Lipinski definition) is 2. The molecule has 0 aliphatic heterocycles. The van der Waals surface area contributed by atoms with Gasteiger partial charge in [0.25, 0.3) is 5.91 Å². The lowest BCUT2D eigenvalue weighted by Gasteiger charge is -2.11. The number of hydrogen-bond donors (Lipinski definition) is 1. The molecule has 0 aliphatic carbocycles. The van der Waals surface area contributed by atoms with E-state index >= 15 is 0 Å². The summed E-state index contributed by atoms with van der Waals surface area (Å²) in [4.78, 5) is 16.6. The van der Waals surface area contributed by atoms with E-state index in [0.717, 1.165) is 22.6 Å². The van der Waals surface area contributed by atoms with Crippen molar-refractivity contribution in [1.29, 1.82) is 0 Å². The SMILES string of the molecule is Cc1ccc(C(=O)Nc2ccc3nccn3c2C)cc1C. The van der Waals surface area contributed by atoms with E-state index in [0.29, 0.717) is 5.56 Å². The van der Waals surface area contributed by atoms with Gasteiger partial charge in [0.15, 0.2) is 0 Å². The molecule has 4 nitrogen and oxygen atoms in total. The van der Waals surface area contributed by atoms with Crippen LogP contribution in [0.25, 0.3) is 5.65 Å². The first-order valence-corrected chi connectivity index (χ1v) is 6.87. The zero-order chi connectivity index (χ0) is 15.0. The lowest BCUT2D eigenvalue weighted by Crippen LogP contribution is -2.14. The highest BCUT2D eigenvalue weighted by molar-refractivity contribution is 6.04. The summed E-state index contributed by atoms with van der Waals surface area (Å²) in [7, 11) is 0. The van der Waals surface area contributed by atoms with E-state index in [1.54, 1.807) is 6.20 Å². The largest absolute Gasteiger partial charge is 0.320 e. The lowest BCUT2D eigenvalue weighted by atomic mass is 10.1. The van der Waals surface area contributed by atoms with Gasteiger partial charge in [0, 0.05) is 23.7 Å². The van der Waals surface area contributed by atoms with Gasteiger partial charge in [0.05, 0.1) is 5.69 Å². The van der Waals surface area contributed by atoms with Crippen molar-refractivity contribution < 1.29 is 4.79 Å².